The van der Waals surface area contributed by atoms with Crippen LogP contribution >= 0.6 is 0 Å². The van der Waals surface area contributed by atoms with Crippen LogP contribution in [0.5, 0.6) is 0 Å². The number of carbonyl (C=O) groups excluding carboxylic acids is 2. The molecule has 1 unspecified atom stereocenters. The summed E-state index contributed by atoms with van der Waals surface area (Å²) in [6, 6.07) is 0. The molecule has 2 amide bonds. The van der Waals surface area contributed by atoms with Gasteiger partial charge < -0.3 is 15.7 Å². The monoisotopic (exact) mass is 450 g/mol. The summed E-state index contributed by atoms with van der Waals surface area (Å²) < 4.78 is 0. The van der Waals surface area contributed by atoms with Gasteiger partial charge in [0.2, 0.25) is 11.8 Å². The molecule has 6 heteroatoms. The Bertz CT molecular complexity index is 632. The Morgan fingerprint density at radius 2 is 1.44 bits per heavy atom. The number of rotatable bonds is 18. The van der Waals surface area contributed by atoms with Gasteiger partial charge in [0, 0.05) is 12.1 Å². The van der Waals surface area contributed by atoms with E-state index in [1.807, 2.05) is 13.8 Å². The molecule has 0 rings (SSSR count). The van der Waals surface area contributed by atoms with Crippen molar-refractivity contribution in [1.82, 2.24) is 10.6 Å². The highest BCUT2D eigenvalue weighted by Crippen LogP contribution is 2.31. The van der Waals surface area contributed by atoms with Crippen LogP contribution < -0.4 is 10.6 Å². The third-order valence-electron chi connectivity index (χ3n) is 6.48. The second-order valence-corrected chi connectivity index (χ2v) is 9.80. The van der Waals surface area contributed by atoms with Crippen molar-refractivity contribution in [2.75, 3.05) is 6.54 Å². The van der Waals surface area contributed by atoms with Gasteiger partial charge in [-0.15, -0.1) is 13.2 Å². The van der Waals surface area contributed by atoms with Crippen LogP contribution in [0.2, 0.25) is 0 Å². The summed E-state index contributed by atoms with van der Waals surface area (Å²) in [7, 11) is 0. The fourth-order valence-corrected chi connectivity index (χ4v) is 3.71. The lowest BCUT2D eigenvalue weighted by molar-refractivity contribution is -0.148. The minimum atomic E-state index is -1.29. The van der Waals surface area contributed by atoms with Gasteiger partial charge in [0.1, 0.15) is 5.41 Å². The van der Waals surface area contributed by atoms with Gasteiger partial charge in [0.05, 0.1) is 5.41 Å². The Morgan fingerprint density at radius 3 is 1.91 bits per heavy atom. The molecule has 0 heterocycles. The van der Waals surface area contributed by atoms with Crippen LogP contribution in [0, 0.1) is 10.8 Å². The van der Waals surface area contributed by atoms with E-state index in [4.69, 9.17) is 0 Å². The number of carboxylic acids is 1. The van der Waals surface area contributed by atoms with E-state index in [0.29, 0.717) is 25.8 Å². The maximum absolute atomic E-state index is 13.5. The molecule has 0 aromatic carbocycles. The van der Waals surface area contributed by atoms with Gasteiger partial charge in [-0.3, -0.25) is 14.4 Å². The van der Waals surface area contributed by atoms with Crippen LogP contribution in [-0.4, -0.2) is 35.0 Å². The van der Waals surface area contributed by atoms with Crippen molar-refractivity contribution in [3.8, 4) is 0 Å². The van der Waals surface area contributed by atoms with Crippen LogP contribution in [0.25, 0.3) is 0 Å². The molecule has 0 radical (unpaired) electrons. The third kappa shape index (κ3) is 9.17. The van der Waals surface area contributed by atoms with Gasteiger partial charge in [-0.2, -0.15) is 0 Å². The molecule has 0 aliphatic heterocycles. The van der Waals surface area contributed by atoms with Crippen molar-refractivity contribution in [2.24, 2.45) is 10.8 Å². The lowest BCUT2D eigenvalue weighted by Crippen LogP contribution is -2.57. The Labute approximate surface area is 195 Å². The van der Waals surface area contributed by atoms with E-state index in [1.54, 1.807) is 26.0 Å². The fraction of sp³-hybridized carbons (Fsp3) is 0.731. The number of hydrogen-bond acceptors (Lipinski definition) is 3. The van der Waals surface area contributed by atoms with Gasteiger partial charge >= 0.3 is 5.97 Å². The van der Waals surface area contributed by atoms with Gasteiger partial charge in [-0.05, 0) is 59.3 Å². The molecular formula is C26H46N2O4. The number of nitrogens with one attached hydrogen (secondary N) is 2. The molecule has 3 N–H and O–H groups in total. The number of hydrogen-bond donors (Lipinski definition) is 3. The van der Waals surface area contributed by atoms with Crippen molar-refractivity contribution in [1.29, 1.82) is 0 Å². The lowest BCUT2D eigenvalue weighted by Gasteiger charge is -2.36. The average Bonchev–Trinajstić information content (AvgIpc) is 2.72. The highest BCUT2D eigenvalue weighted by Gasteiger charge is 2.45. The van der Waals surface area contributed by atoms with Crippen LogP contribution in [0.3, 0.4) is 0 Å². The molecule has 1 atom stereocenters. The molecule has 0 fully saturated rings. The summed E-state index contributed by atoms with van der Waals surface area (Å²) in [4.78, 5) is 37.9. The molecule has 184 valence electrons. The molecule has 0 aromatic rings. The van der Waals surface area contributed by atoms with E-state index in [9.17, 15) is 19.5 Å². The molecular weight excluding hydrogens is 404 g/mol. The largest absolute Gasteiger partial charge is 0.481 e. The first-order valence-electron chi connectivity index (χ1n) is 12.0. The first-order valence-corrected chi connectivity index (χ1v) is 12.0. The number of allylic oxidation sites excluding steroid dienone is 2. The molecule has 0 saturated carbocycles. The molecule has 0 aromatic heterocycles. The summed E-state index contributed by atoms with van der Waals surface area (Å²) in [6.07, 6.45) is 10.4. The molecule has 32 heavy (non-hydrogen) atoms. The quantitative estimate of drug-likeness (QED) is 0.148. The van der Waals surface area contributed by atoms with Gasteiger partial charge in [-0.1, -0.05) is 51.7 Å². The SMILES string of the molecule is C=CCC(CC=C)(C(=O)NCCCCC(C)(C)C(=O)O)C(=O)NC(C)(CC)CCCCC. The third-order valence-corrected chi connectivity index (χ3v) is 6.48. The summed E-state index contributed by atoms with van der Waals surface area (Å²) in [5.74, 6) is -1.45. The predicted octanol–water partition coefficient (Wildman–Crippen LogP) is 5.39. The van der Waals surface area contributed by atoms with Gasteiger partial charge in [0.15, 0.2) is 0 Å². The Balaban J connectivity index is 5.27. The molecule has 0 bridgehead atoms. The van der Waals surface area contributed by atoms with Crippen molar-refractivity contribution in [3.63, 3.8) is 0 Å². The average molecular weight is 451 g/mol. The number of carboxylic acid groups (broad SMARTS) is 1. The van der Waals surface area contributed by atoms with E-state index in [1.165, 1.54) is 0 Å². The smallest absolute Gasteiger partial charge is 0.309 e. The summed E-state index contributed by atoms with van der Waals surface area (Å²) in [5.41, 5.74) is -2.45. The lowest BCUT2D eigenvalue weighted by atomic mass is 9.77. The topological polar surface area (TPSA) is 95.5 Å². The molecule has 0 spiro atoms. The van der Waals surface area contributed by atoms with Crippen LogP contribution in [0.15, 0.2) is 25.3 Å². The van der Waals surface area contributed by atoms with Gasteiger partial charge in [0.25, 0.3) is 0 Å². The van der Waals surface area contributed by atoms with Crippen molar-refractivity contribution in [2.45, 2.75) is 104 Å². The van der Waals surface area contributed by atoms with Crippen molar-refractivity contribution in [3.05, 3.63) is 25.3 Å². The zero-order valence-electron chi connectivity index (χ0n) is 21.0. The highest BCUT2D eigenvalue weighted by atomic mass is 16.4. The van der Waals surface area contributed by atoms with E-state index >= 15 is 0 Å². The molecule has 0 aliphatic rings. The molecule has 6 nitrogen and oxygen atoms in total. The van der Waals surface area contributed by atoms with Gasteiger partial charge in [-0.25, -0.2) is 0 Å². The number of amides is 2. The number of carbonyl (C=O) groups is 3. The summed E-state index contributed by atoms with van der Waals surface area (Å²) >= 11 is 0. The normalized spacial score (nSPS) is 13.7. The van der Waals surface area contributed by atoms with E-state index in [2.05, 4.69) is 30.7 Å². The second kappa shape index (κ2) is 14.1. The van der Waals surface area contributed by atoms with E-state index in [0.717, 1.165) is 32.1 Å². The minimum Gasteiger partial charge on any atom is -0.481 e. The maximum atomic E-state index is 13.5. The Hall–Kier alpha value is -2.11. The first-order chi connectivity index (χ1) is 14.9. The molecule has 0 saturated heterocycles. The second-order valence-electron chi connectivity index (χ2n) is 9.80. The van der Waals surface area contributed by atoms with Crippen molar-refractivity contribution >= 4 is 17.8 Å². The van der Waals surface area contributed by atoms with Crippen LogP contribution in [0.1, 0.15) is 98.8 Å². The Morgan fingerprint density at radius 1 is 0.875 bits per heavy atom. The van der Waals surface area contributed by atoms with Crippen LogP contribution in [0.4, 0.5) is 0 Å². The van der Waals surface area contributed by atoms with E-state index in [-0.39, 0.29) is 30.2 Å². The Kier molecular flexibility index (Phi) is 13.2. The van der Waals surface area contributed by atoms with E-state index < -0.39 is 16.8 Å². The fourth-order valence-electron chi connectivity index (χ4n) is 3.71. The van der Waals surface area contributed by atoms with Crippen molar-refractivity contribution < 1.29 is 19.5 Å². The number of unbranched alkanes of at least 4 members (excludes halogenated alkanes) is 3. The summed E-state index contributed by atoms with van der Waals surface area (Å²) in [6.45, 7) is 17.6. The van der Waals surface area contributed by atoms with Crippen LogP contribution in [-0.2, 0) is 14.4 Å². The predicted molar refractivity (Wildman–Crippen MR) is 131 cm³/mol. The first kappa shape index (κ1) is 29.9. The zero-order valence-corrected chi connectivity index (χ0v) is 21.0. The molecule has 0 aliphatic carbocycles. The summed E-state index contributed by atoms with van der Waals surface area (Å²) in [5, 5.41) is 15.3. The standard InChI is InChI=1S/C26H46N2O4/c1-8-12-13-19-25(7,11-4)28-22(30)26(16-9-2,17-10-3)21(29)27-20-15-14-18-24(5,6)23(31)32/h9-10H,2-3,8,11-20H2,1,4-7H3,(H,27,29)(H,28,30)(H,31,32). The highest BCUT2D eigenvalue weighted by molar-refractivity contribution is 6.05. The minimum absolute atomic E-state index is 0.220. The maximum Gasteiger partial charge on any atom is 0.309 e. The number of aliphatic carboxylic acids is 1. The zero-order chi connectivity index (χ0) is 24.8.